The minimum absolute atomic E-state index is 0.0580. The minimum atomic E-state index is -0.359. The van der Waals surface area contributed by atoms with Gasteiger partial charge in [0.05, 0.1) is 0 Å². The predicted octanol–water partition coefficient (Wildman–Crippen LogP) is 1.32. The lowest BCUT2D eigenvalue weighted by Gasteiger charge is -2.19. The molecule has 0 atom stereocenters. The normalized spacial score (nSPS) is 14.7. The van der Waals surface area contributed by atoms with E-state index in [1.54, 1.807) is 25.2 Å². The van der Waals surface area contributed by atoms with Crippen molar-refractivity contribution < 1.29 is 18.8 Å². The maximum Gasteiger partial charge on any atom is 0.229 e. The van der Waals surface area contributed by atoms with Crippen molar-refractivity contribution in [2.75, 3.05) is 13.6 Å². The van der Waals surface area contributed by atoms with Gasteiger partial charge in [-0.1, -0.05) is 18.2 Å². The van der Waals surface area contributed by atoms with Crippen LogP contribution in [0.25, 0.3) is 0 Å². The Labute approximate surface area is 122 Å². The highest BCUT2D eigenvalue weighted by Gasteiger charge is 2.29. The summed E-state index contributed by atoms with van der Waals surface area (Å²) in [5.41, 5.74) is 0.432. The van der Waals surface area contributed by atoms with Crippen molar-refractivity contribution >= 4 is 17.7 Å². The molecular formula is C15H17FN2O3. The van der Waals surface area contributed by atoms with Crippen LogP contribution >= 0.6 is 0 Å². The number of nitrogens with zero attached hydrogens (tertiary/aromatic N) is 2. The molecule has 1 aliphatic rings. The summed E-state index contributed by atoms with van der Waals surface area (Å²) in [6, 6.07) is 6.26. The second-order valence-corrected chi connectivity index (χ2v) is 5.03. The molecule has 1 aromatic rings. The smallest absolute Gasteiger partial charge is 0.229 e. The second kappa shape index (κ2) is 6.47. The third-order valence-electron chi connectivity index (χ3n) is 3.50. The first-order valence-electron chi connectivity index (χ1n) is 6.79. The molecule has 2 rings (SSSR count). The van der Waals surface area contributed by atoms with E-state index in [-0.39, 0.29) is 55.9 Å². The molecule has 1 heterocycles. The summed E-state index contributed by atoms with van der Waals surface area (Å²) in [6.45, 7) is 0.255. The topological polar surface area (TPSA) is 57.7 Å². The average Bonchev–Trinajstić information content (AvgIpc) is 2.78. The largest absolute Gasteiger partial charge is 0.341 e. The van der Waals surface area contributed by atoms with Crippen LogP contribution in [0.15, 0.2) is 24.3 Å². The summed E-state index contributed by atoms with van der Waals surface area (Å²) < 4.78 is 13.5. The molecule has 0 unspecified atom stereocenters. The van der Waals surface area contributed by atoms with Crippen LogP contribution in [0.4, 0.5) is 4.39 Å². The van der Waals surface area contributed by atoms with Gasteiger partial charge in [-0.05, 0) is 6.07 Å². The van der Waals surface area contributed by atoms with Gasteiger partial charge >= 0.3 is 0 Å². The summed E-state index contributed by atoms with van der Waals surface area (Å²) in [4.78, 5) is 37.4. The van der Waals surface area contributed by atoms with Gasteiger partial charge in [-0.25, -0.2) is 4.39 Å². The number of hydrogen-bond donors (Lipinski definition) is 0. The van der Waals surface area contributed by atoms with Crippen LogP contribution in [0.5, 0.6) is 0 Å². The number of rotatable bonds is 5. The zero-order chi connectivity index (χ0) is 15.4. The summed E-state index contributed by atoms with van der Waals surface area (Å²) in [5.74, 6) is -1.05. The molecule has 6 heteroatoms. The molecule has 0 saturated carbocycles. The van der Waals surface area contributed by atoms with E-state index >= 15 is 0 Å². The van der Waals surface area contributed by atoms with Crippen molar-refractivity contribution in [1.29, 1.82) is 0 Å². The number of hydrogen-bond acceptors (Lipinski definition) is 3. The Balaban J connectivity index is 1.87. The molecule has 21 heavy (non-hydrogen) atoms. The fraction of sp³-hybridized carbons (Fsp3) is 0.400. The van der Waals surface area contributed by atoms with Crippen molar-refractivity contribution in [3.63, 3.8) is 0 Å². The fourth-order valence-corrected chi connectivity index (χ4v) is 2.24. The molecule has 5 nitrogen and oxygen atoms in total. The summed E-state index contributed by atoms with van der Waals surface area (Å²) in [6.07, 6.45) is 0.499. The van der Waals surface area contributed by atoms with E-state index in [1.807, 2.05) is 0 Å². The third-order valence-corrected chi connectivity index (χ3v) is 3.50. The zero-order valence-electron chi connectivity index (χ0n) is 11.8. The van der Waals surface area contributed by atoms with Crippen LogP contribution in [0.3, 0.4) is 0 Å². The highest BCUT2D eigenvalue weighted by Crippen LogP contribution is 2.13. The first kappa shape index (κ1) is 15.2. The molecular weight excluding hydrogens is 275 g/mol. The maximum absolute atomic E-state index is 13.5. The molecule has 0 spiro atoms. The zero-order valence-corrected chi connectivity index (χ0v) is 11.8. The molecule has 112 valence electrons. The van der Waals surface area contributed by atoms with E-state index in [2.05, 4.69) is 0 Å². The monoisotopic (exact) mass is 292 g/mol. The molecule has 0 radical (unpaired) electrons. The van der Waals surface area contributed by atoms with Gasteiger partial charge in [-0.2, -0.15) is 0 Å². The Kier molecular flexibility index (Phi) is 4.67. The molecule has 1 saturated heterocycles. The van der Waals surface area contributed by atoms with Gasteiger partial charge in [-0.15, -0.1) is 0 Å². The van der Waals surface area contributed by atoms with Crippen molar-refractivity contribution in [3.05, 3.63) is 35.6 Å². The molecule has 1 fully saturated rings. The van der Waals surface area contributed by atoms with Crippen LogP contribution in [0, 0.1) is 5.82 Å². The number of amides is 3. The van der Waals surface area contributed by atoms with Crippen LogP contribution < -0.4 is 0 Å². The number of halogens is 1. The number of carbonyl (C=O) groups excluding carboxylic acids is 3. The van der Waals surface area contributed by atoms with Gasteiger partial charge in [0.15, 0.2) is 0 Å². The number of likely N-dealkylation sites (tertiary alicyclic amines) is 1. The van der Waals surface area contributed by atoms with Crippen LogP contribution in [0.2, 0.25) is 0 Å². The first-order valence-corrected chi connectivity index (χ1v) is 6.79. The van der Waals surface area contributed by atoms with E-state index < -0.39 is 0 Å². The SMILES string of the molecule is CN(Cc1ccccc1F)C(=O)CCN1C(=O)CCC1=O. The molecule has 3 amide bonds. The van der Waals surface area contributed by atoms with Gasteiger partial charge in [0.1, 0.15) is 5.82 Å². The summed E-state index contributed by atoms with van der Waals surface area (Å²) in [7, 11) is 1.57. The Hall–Kier alpha value is -2.24. The lowest BCUT2D eigenvalue weighted by molar-refractivity contribution is -0.139. The van der Waals surface area contributed by atoms with E-state index in [9.17, 15) is 18.8 Å². The standard InChI is InChI=1S/C15H17FN2O3/c1-17(10-11-4-2-3-5-12(11)16)13(19)8-9-18-14(20)6-7-15(18)21/h2-5H,6-10H2,1H3. The molecule has 1 aromatic carbocycles. The molecule has 0 bridgehead atoms. The van der Waals surface area contributed by atoms with E-state index in [0.29, 0.717) is 5.56 Å². The van der Waals surface area contributed by atoms with Crippen LogP contribution in [-0.2, 0) is 20.9 Å². The van der Waals surface area contributed by atoms with Crippen molar-refractivity contribution in [3.8, 4) is 0 Å². The summed E-state index contributed by atoms with van der Waals surface area (Å²) in [5, 5.41) is 0. The number of carbonyl (C=O) groups is 3. The van der Waals surface area contributed by atoms with Crippen molar-refractivity contribution in [1.82, 2.24) is 9.80 Å². The Bertz CT molecular complexity index is 558. The average molecular weight is 292 g/mol. The quantitative estimate of drug-likeness (QED) is 0.769. The van der Waals surface area contributed by atoms with Gasteiger partial charge in [-0.3, -0.25) is 19.3 Å². The van der Waals surface area contributed by atoms with Gasteiger partial charge < -0.3 is 4.90 Å². The number of imide groups is 1. The molecule has 0 N–H and O–H groups in total. The first-order chi connectivity index (χ1) is 9.99. The van der Waals surface area contributed by atoms with Gasteiger partial charge in [0, 0.05) is 45.0 Å². The minimum Gasteiger partial charge on any atom is -0.341 e. The predicted molar refractivity (Wildman–Crippen MR) is 73.4 cm³/mol. The lowest BCUT2D eigenvalue weighted by Crippen LogP contribution is -2.34. The second-order valence-electron chi connectivity index (χ2n) is 5.03. The Morgan fingerprint density at radius 2 is 1.86 bits per heavy atom. The molecule has 1 aliphatic heterocycles. The molecule has 0 aromatic heterocycles. The summed E-state index contributed by atoms with van der Waals surface area (Å²) >= 11 is 0. The van der Waals surface area contributed by atoms with E-state index in [1.165, 1.54) is 11.0 Å². The van der Waals surface area contributed by atoms with Crippen molar-refractivity contribution in [2.24, 2.45) is 0 Å². The third kappa shape index (κ3) is 3.65. The fourth-order valence-electron chi connectivity index (χ4n) is 2.24. The van der Waals surface area contributed by atoms with Gasteiger partial charge in [0.25, 0.3) is 0 Å². The van der Waals surface area contributed by atoms with Crippen LogP contribution in [-0.4, -0.2) is 41.1 Å². The molecule has 0 aliphatic carbocycles. The van der Waals surface area contributed by atoms with E-state index in [4.69, 9.17) is 0 Å². The lowest BCUT2D eigenvalue weighted by atomic mass is 10.2. The Morgan fingerprint density at radius 1 is 1.24 bits per heavy atom. The number of benzene rings is 1. The van der Waals surface area contributed by atoms with E-state index in [0.717, 1.165) is 4.90 Å². The Morgan fingerprint density at radius 3 is 2.48 bits per heavy atom. The van der Waals surface area contributed by atoms with Crippen molar-refractivity contribution in [2.45, 2.75) is 25.8 Å². The highest BCUT2D eigenvalue weighted by molar-refractivity contribution is 6.02. The van der Waals surface area contributed by atoms with Gasteiger partial charge in [0.2, 0.25) is 17.7 Å². The maximum atomic E-state index is 13.5. The highest BCUT2D eigenvalue weighted by atomic mass is 19.1. The van der Waals surface area contributed by atoms with Crippen LogP contribution in [0.1, 0.15) is 24.8 Å².